The Kier molecular flexibility index (Phi) is 4.88. The van der Waals surface area contributed by atoms with Gasteiger partial charge in [0.2, 0.25) is 0 Å². The summed E-state index contributed by atoms with van der Waals surface area (Å²) in [5.74, 6) is 0.448. The average Bonchev–Trinajstić information content (AvgIpc) is 2.22. The van der Waals surface area contributed by atoms with E-state index in [0.29, 0.717) is 12.2 Å². The number of benzene rings is 1. The SMILES string of the molecule is [CH2]c1ccc(OC(=O)CCCCC)cc1. The van der Waals surface area contributed by atoms with Crippen LogP contribution in [-0.2, 0) is 4.79 Å². The van der Waals surface area contributed by atoms with Crippen molar-refractivity contribution < 1.29 is 9.53 Å². The fraction of sp³-hybridized carbons (Fsp3) is 0.385. The summed E-state index contributed by atoms with van der Waals surface area (Å²) in [6.45, 7) is 5.87. The maximum absolute atomic E-state index is 11.3. The van der Waals surface area contributed by atoms with Gasteiger partial charge in [-0.1, -0.05) is 31.9 Å². The predicted octanol–water partition coefficient (Wildman–Crippen LogP) is 3.35. The molecular weight excluding hydrogens is 188 g/mol. The lowest BCUT2D eigenvalue weighted by molar-refractivity contribution is -0.134. The van der Waals surface area contributed by atoms with Crippen LogP contribution in [0.1, 0.15) is 38.2 Å². The second-order valence-electron chi connectivity index (χ2n) is 3.58. The first-order valence-electron chi connectivity index (χ1n) is 5.35. The average molecular weight is 205 g/mol. The molecule has 0 fully saturated rings. The highest BCUT2D eigenvalue weighted by Gasteiger charge is 2.03. The molecule has 0 aliphatic heterocycles. The maximum Gasteiger partial charge on any atom is 0.311 e. The van der Waals surface area contributed by atoms with E-state index in [2.05, 4.69) is 13.8 Å². The molecule has 1 rings (SSSR count). The zero-order chi connectivity index (χ0) is 11.1. The van der Waals surface area contributed by atoms with Crippen molar-refractivity contribution in [2.45, 2.75) is 32.6 Å². The zero-order valence-corrected chi connectivity index (χ0v) is 9.16. The molecule has 0 atom stereocenters. The zero-order valence-electron chi connectivity index (χ0n) is 9.16. The first-order valence-corrected chi connectivity index (χ1v) is 5.35. The lowest BCUT2D eigenvalue weighted by Gasteiger charge is -2.03. The largest absolute Gasteiger partial charge is 0.427 e. The van der Waals surface area contributed by atoms with Crippen LogP contribution in [0.15, 0.2) is 24.3 Å². The molecule has 81 valence electrons. The molecule has 15 heavy (non-hydrogen) atoms. The van der Waals surface area contributed by atoms with Crippen molar-refractivity contribution in [3.05, 3.63) is 36.8 Å². The molecule has 1 aromatic carbocycles. The van der Waals surface area contributed by atoms with Crippen LogP contribution in [0, 0.1) is 6.92 Å². The minimum atomic E-state index is -0.153. The van der Waals surface area contributed by atoms with Crippen LogP contribution in [0.2, 0.25) is 0 Å². The molecular formula is C13H17O2. The first-order chi connectivity index (χ1) is 7.22. The highest BCUT2D eigenvalue weighted by Crippen LogP contribution is 2.12. The molecule has 0 saturated heterocycles. The third-order valence-electron chi connectivity index (χ3n) is 2.14. The van der Waals surface area contributed by atoms with E-state index in [1.165, 1.54) is 0 Å². The van der Waals surface area contributed by atoms with Crippen LogP contribution in [0.25, 0.3) is 0 Å². The van der Waals surface area contributed by atoms with E-state index >= 15 is 0 Å². The lowest BCUT2D eigenvalue weighted by atomic mass is 10.2. The minimum Gasteiger partial charge on any atom is -0.427 e. The number of ether oxygens (including phenoxy) is 1. The van der Waals surface area contributed by atoms with E-state index in [1.807, 2.05) is 12.1 Å². The molecule has 1 radical (unpaired) electrons. The van der Waals surface area contributed by atoms with Crippen molar-refractivity contribution >= 4 is 5.97 Å². The van der Waals surface area contributed by atoms with Gasteiger partial charge in [0.15, 0.2) is 0 Å². The van der Waals surface area contributed by atoms with Crippen LogP contribution < -0.4 is 4.74 Å². The van der Waals surface area contributed by atoms with Gasteiger partial charge < -0.3 is 4.74 Å². The van der Waals surface area contributed by atoms with Gasteiger partial charge in [-0.05, 0) is 31.0 Å². The fourth-order valence-electron chi connectivity index (χ4n) is 1.26. The molecule has 2 nitrogen and oxygen atoms in total. The summed E-state index contributed by atoms with van der Waals surface area (Å²) < 4.78 is 5.15. The summed E-state index contributed by atoms with van der Waals surface area (Å²) >= 11 is 0. The van der Waals surface area contributed by atoms with Crippen molar-refractivity contribution in [2.75, 3.05) is 0 Å². The molecule has 2 heteroatoms. The van der Waals surface area contributed by atoms with E-state index < -0.39 is 0 Å². The van der Waals surface area contributed by atoms with Crippen LogP contribution in [0.5, 0.6) is 5.75 Å². The van der Waals surface area contributed by atoms with Crippen molar-refractivity contribution in [3.63, 3.8) is 0 Å². The monoisotopic (exact) mass is 205 g/mol. The number of carbonyl (C=O) groups is 1. The van der Waals surface area contributed by atoms with Gasteiger partial charge in [-0.25, -0.2) is 0 Å². The third kappa shape index (κ3) is 4.63. The number of rotatable bonds is 5. The predicted molar refractivity (Wildman–Crippen MR) is 60.7 cm³/mol. The van der Waals surface area contributed by atoms with Crippen LogP contribution in [-0.4, -0.2) is 5.97 Å². The summed E-state index contributed by atoms with van der Waals surface area (Å²) in [6, 6.07) is 7.18. The Bertz CT molecular complexity index is 301. The molecule has 0 aliphatic rings. The number of hydrogen-bond acceptors (Lipinski definition) is 2. The van der Waals surface area contributed by atoms with Crippen molar-refractivity contribution in [1.82, 2.24) is 0 Å². The molecule has 0 spiro atoms. The summed E-state index contributed by atoms with van der Waals surface area (Å²) in [5, 5.41) is 0. The van der Waals surface area contributed by atoms with E-state index in [-0.39, 0.29) is 5.97 Å². The van der Waals surface area contributed by atoms with Gasteiger partial charge in [-0.15, -0.1) is 0 Å². The molecule has 0 N–H and O–H groups in total. The smallest absolute Gasteiger partial charge is 0.311 e. The summed E-state index contributed by atoms with van der Waals surface area (Å²) in [5.41, 5.74) is 0.917. The molecule has 0 heterocycles. The van der Waals surface area contributed by atoms with Crippen molar-refractivity contribution in [2.24, 2.45) is 0 Å². The number of esters is 1. The summed E-state index contributed by atoms with van der Waals surface area (Å²) in [7, 11) is 0. The van der Waals surface area contributed by atoms with Crippen LogP contribution in [0.4, 0.5) is 0 Å². The standard InChI is InChI=1S/C13H17O2/c1-3-4-5-6-13(14)15-12-9-7-11(2)8-10-12/h7-10H,2-6H2,1H3. The topological polar surface area (TPSA) is 26.3 Å². The highest BCUT2D eigenvalue weighted by molar-refractivity contribution is 5.72. The molecule has 0 bridgehead atoms. The Morgan fingerprint density at radius 1 is 1.27 bits per heavy atom. The van der Waals surface area contributed by atoms with E-state index in [9.17, 15) is 4.79 Å². The van der Waals surface area contributed by atoms with Crippen molar-refractivity contribution in [1.29, 1.82) is 0 Å². The lowest BCUT2D eigenvalue weighted by Crippen LogP contribution is -2.07. The fourth-order valence-corrected chi connectivity index (χ4v) is 1.26. The Hall–Kier alpha value is -1.31. The second kappa shape index (κ2) is 6.23. The van der Waals surface area contributed by atoms with E-state index in [1.54, 1.807) is 12.1 Å². The number of carbonyl (C=O) groups excluding carboxylic acids is 1. The number of hydrogen-bond donors (Lipinski definition) is 0. The molecule has 0 saturated carbocycles. The van der Waals surface area contributed by atoms with Gasteiger partial charge in [-0.3, -0.25) is 4.79 Å². The van der Waals surface area contributed by atoms with Gasteiger partial charge in [0.25, 0.3) is 0 Å². The Labute approximate surface area is 91.3 Å². The molecule has 0 amide bonds. The Morgan fingerprint density at radius 3 is 2.53 bits per heavy atom. The molecule has 0 aromatic heterocycles. The van der Waals surface area contributed by atoms with Gasteiger partial charge in [-0.2, -0.15) is 0 Å². The first kappa shape index (κ1) is 11.8. The Morgan fingerprint density at radius 2 is 1.93 bits per heavy atom. The minimum absolute atomic E-state index is 0.153. The van der Waals surface area contributed by atoms with E-state index in [4.69, 9.17) is 4.74 Å². The molecule has 1 aromatic rings. The van der Waals surface area contributed by atoms with Crippen LogP contribution >= 0.6 is 0 Å². The summed E-state index contributed by atoms with van der Waals surface area (Å²) in [6.07, 6.45) is 3.60. The van der Waals surface area contributed by atoms with Gasteiger partial charge >= 0.3 is 5.97 Å². The molecule has 0 aliphatic carbocycles. The van der Waals surface area contributed by atoms with Gasteiger partial charge in [0, 0.05) is 6.42 Å². The quantitative estimate of drug-likeness (QED) is 0.418. The normalized spacial score (nSPS) is 10.0. The molecule has 0 unspecified atom stereocenters. The second-order valence-corrected chi connectivity index (χ2v) is 3.58. The maximum atomic E-state index is 11.3. The van der Waals surface area contributed by atoms with E-state index in [0.717, 1.165) is 24.8 Å². The van der Waals surface area contributed by atoms with Gasteiger partial charge in [0.1, 0.15) is 5.75 Å². The Balaban J connectivity index is 2.34. The summed E-state index contributed by atoms with van der Waals surface area (Å²) in [4.78, 5) is 11.3. The van der Waals surface area contributed by atoms with Crippen LogP contribution in [0.3, 0.4) is 0 Å². The van der Waals surface area contributed by atoms with Gasteiger partial charge in [0.05, 0.1) is 0 Å². The highest BCUT2D eigenvalue weighted by atomic mass is 16.5. The van der Waals surface area contributed by atoms with Crippen molar-refractivity contribution in [3.8, 4) is 5.75 Å². The number of unbranched alkanes of at least 4 members (excludes halogenated alkanes) is 2. The third-order valence-corrected chi connectivity index (χ3v) is 2.14.